The minimum Gasteiger partial charge on any atom is -0.482 e. The number of amides is 1. The van der Waals surface area contributed by atoms with Crippen molar-refractivity contribution in [3.8, 4) is 22.9 Å². The summed E-state index contributed by atoms with van der Waals surface area (Å²) in [6.07, 6.45) is 1.43. The predicted molar refractivity (Wildman–Crippen MR) is 72.2 cm³/mol. The Morgan fingerprint density at radius 2 is 2.25 bits per heavy atom. The Kier molecular flexibility index (Phi) is 2.61. The zero-order chi connectivity index (χ0) is 14.3. The highest BCUT2D eigenvalue weighted by atomic mass is 16.5. The first-order valence-corrected chi connectivity index (χ1v) is 5.92. The predicted octanol–water partition coefficient (Wildman–Crippen LogP) is 1.76. The molecule has 2 aromatic rings. The number of nitrogen functional groups attached to an aromatic ring is 1. The van der Waals surface area contributed by atoms with Gasteiger partial charge in [0, 0.05) is 12.6 Å². The van der Waals surface area contributed by atoms with Crippen LogP contribution in [0.4, 0.5) is 11.6 Å². The molecule has 100 valence electrons. The summed E-state index contributed by atoms with van der Waals surface area (Å²) < 4.78 is 10.4. The van der Waals surface area contributed by atoms with E-state index in [-0.39, 0.29) is 24.0 Å². The van der Waals surface area contributed by atoms with Crippen molar-refractivity contribution in [3.05, 3.63) is 30.0 Å². The second-order valence-corrected chi connectivity index (χ2v) is 4.42. The first kappa shape index (κ1) is 12.1. The van der Waals surface area contributed by atoms with E-state index in [0.29, 0.717) is 17.0 Å². The molecule has 20 heavy (non-hydrogen) atoms. The van der Waals surface area contributed by atoms with Gasteiger partial charge in [0.15, 0.2) is 6.61 Å². The van der Waals surface area contributed by atoms with Crippen molar-refractivity contribution < 1.29 is 13.9 Å². The second kappa shape index (κ2) is 4.31. The Balaban J connectivity index is 2.13. The molecule has 6 heteroatoms. The third-order valence-electron chi connectivity index (χ3n) is 3.29. The highest BCUT2D eigenvalue weighted by Gasteiger charge is 2.23. The number of anilines is 2. The van der Waals surface area contributed by atoms with E-state index in [1.165, 1.54) is 11.2 Å². The molecule has 2 N–H and O–H groups in total. The van der Waals surface area contributed by atoms with E-state index < -0.39 is 0 Å². The maximum atomic E-state index is 11.6. The topological polar surface area (TPSA) is 92.5 Å². The zero-order valence-electron chi connectivity index (χ0n) is 10.7. The molecular formula is C14H11N3O3. The Bertz CT molecular complexity index is 743. The lowest BCUT2D eigenvalue weighted by Gasteiger charge is -2.26. The minimum absolute atomic E-state index is 0.0327. The average Bonchev–Trinajstić information content (AvgIpc) is 2.83. The molecule has 0 spiro atoms. The summed E-state index contributed by atoms with van der Waals surface area (Å²) >= 11 is 0. The standard InChI is InChI=1S/C14H11N3O3/c1-17-11-4-8(2-3-12(11)19-7-13(17)18)10-6-20-14(16)9(10)5-15/h2-4,6H,7,16H2,1H3. The fourth-order valence-corrected chi connectivity index (χ4v) is 2.14. The summed E-state index contributed by atoms with van der Waals surface area (Å²) in [5.74, 6) is 0.591. The third-order valence-corrected chi connectivity index (χ3v) is 3.29. The highest BCUT2D eigenvalue weighted by molar-refractivity contribution is 5.98. The molecule has 0 radical (unpaired) electrons. The molecule has 1 aliphatic heterocycles. The molecule has 0 saturated carbocycles. The molecule has 3 rings (SSSR count). The van der Waals surface area contributed by atoms with E-state index in [2.05, 4.69) is 0 Å². The number of likely N-dealkylation sites (N-methyl/N-ethyl adjacent to an activating group) is 1. The number of benzene rings is 1. The number of hydrogen-bond donors (Lipinski definition) is 1. The van der Waals surface area contributed by atoms with E-state index in [1.54, 1.807) is 25.2 Å². The number of rotatable bonds is 1. The van der Waals surface area contributed by atoms with Crippen LogP contribution in [0, 0.1) is 11.3 Å². The van der Waals surface area contributed by atoms with E-state index in [9.17, 15) is 4.79 Å². The van der Waals surface area contributed by atoms with Gasteiger partial charge in [0.1, 0.15) is 23.6 Å². The number of ether oxygens (including phenoxy) is 1. The zero-order valence-corrected chi connectivity index (χ0v) is 10.7. The first-order chi connectivity index (χ1) is 9.61. The van der Waals surface area contributed by atoms with Crippen LogP contribution in [0.5, 0.6) is 5.75 Å². The summed E-state index contributed by atoms with van der Waals surface area (Å²) in [7, 11) is 1.68. The van der Waals surface area contributed by atoms with Crippen LogP contribution in [0.15, 0.2) is 28.9 Å². The number of carbonyl (C=O) groups is 1. The van der Waals surface area contributed by atoms with Crippen molar-refractivity contribution in [2.45, 2.75) is 0 Å². The van der Waals surface area contributed by atoms with Gasteiger partial charge in [-0.1, -0.05) is 6.07 Å². The SMILES string of the molecule is CN1C(=O)COc2ccc(-c3coc(N)c3C#N)cc21. The van der Waals surface area contributed by atoms with Crippen LogP contribution < -0.4 is 15.4 Å². The summed E-state index contributed by atoms with van der Waals surface area (Å²) in [6, 6.07) is 7.35. The summed E-state index contributed by atoms with van der Waals surface area (Å²) in [4.78, 5) is 13.2. The van der Waals surface area contributed by atoms with Crippen LogP contribution in [0.3, 0.4) is 0 Å². The summed E-state index contributed by atoms with van der Waals surface area (Å²) in [6.45, 7) is 0.0327. The quantitative estimate of drug-likeness (QED) is 0.851. The molecule has 1 amide bonds. The van der Waals surface area contributed by atoms with E-state index in [4.69, 9.17) is 20.1 Å². The minimum atomic E-state index is -0.123. The average molecular weight is 269 g/mol. The molecule has 0 aliphatic carbocycles. The van der Waals surface area contributed by atoms with E-state index in [1.807, 2.05) is 6.07 Å². The number of nitriles is 1. The van der Waals surface area contributed by atoms with Gasteiger partial charge in [-0.05, 0) is 17.7 Å². The van der Waals surface area contributed by atoms with Crippen molar-refractivity contribution in [2.24, 2.45) is 0 Å². The number of nitrogens with zero attached hydrogens (tertiary/aromatic N) is 2. The third kappa shape index (κ3) is 1.68. The Hall–Kier alpha value is -2.94. The lowest BCUT2D eigenvalue weighted by atomic mass is 10.0. The molecule has 1 aromatic carbocycles. The Morgan fingerprint density at radius 1 is 1.45 bits per heavy atom. The molecule has 2 heterocycles. The molecule has 0 atom stereocenters. The number of fused-ring (bicyclic) bond motifs is 1. The van der Waals surface area contributed by atoms with Crippen molar-refractivity contribution in [1.82, 2.24) is 0 Å². The fourth-order valence-electron chi connectivity index (χ4n) is 2.14. The van der Waals surface area contributed by atoms with Crippen LogP contribution in [-0.2, 0) is 4.79 Å². The van der Waals surface area contributed by atoms with Crippen molar-refractivity contribution in [1.29, 1.82) is 5.26 Å². The van der Waals surface area contributed by atoms with Crippen LogP contribution in [0.1, 0.15) is 5.56 Å². The summed E-state index contributed by atoms with van der Waals surface area (Å²) in [5, 5.41) is 9.10. The van der Waals surface area contributed by atoms with Gasteiger partial charge in [-0.15, -0.1) is 0 Å². The van der Waals surface area contributed by atoms with Crippen LogP contribution in [0.25, 0.3) is 11.1 Å². The number of carbonyl (C=O) groups excluding carboxylic acids is 1. The Morgan fingerprint density at radius 3 is 3.00 bits per heavy atom. The molecule has 6 nitrogen and oxygen atoms in total. The molecule has 0 bridgehead atoms. The number of furan rings is 1. The van der Waals surface area contributed by atoms with Crippen molar-refractivity contribution in [3.63, 3.8) is 0 Å². The molecule has 0 fully saturated rings. The van der Waals surface area contributed by atoms with Crippen LogP contribution >= 0.6 is 0 Å². The van der Waals surface area contributed by atoms with Gasteiger partial charge in [0.25, 0.3) is 5.91 Å². The van der Waals surface area contributed by atoms with Crippen molar-refractivity contribution >= 4 is 17.5 Å². The van der Waals surface area contributed by atoms with Crippen LogP contribution in [-0.4, -0.2) is 19.6 Å². The number of nitrogens with two attached hydrogens (primary N) is 1. The van der Waals surface area contributed by atoms with Gasteiger partial charge in [-0.3, -0.25) is 4.79 Å². The van der Waals surface area contributed by atoms with Crippen molar-refractivity contribution in [2.75, 3.05) is 24.3 Å². The first-order valence-electron chi connectivity index (χ1n) is 5.92. The van der Waals surface area contributed by atoms with Gasteiger partial charge in [-0.25, -0.2) is 0 Å². The lowest BCUT2D eigenvalue weighted by molar-refractivity contribution is -0.120. The van der Waals surface area contributed by atoms with Gasteiger partial charge in [0.05, 0.1) is 5.69 Å². The maximum absolute atomic E-state index is 11.6. The molecule has 1 aliphatic rings. The Labute approximate surface area is 115 Å². The molecule has 0 unspecified atom stereocenters. The normalized spacial score (nSPS) is 13.6. The highest BCUT2D eigenvalue weighted by Crippen LogP contribution is 2.37. The lowest BCUT2D eigenvalue weighted by Crippen LogP contribution is -2.35. The smallest absolute Gasteiger partial charge is 0.264 e. The molecular weight excluding hydrogens is 258 g/mol. The monoisotopic (exact) mass is 269 g/mol. The van der Waals surface area contributed by atoms with Gasteiger partial charge < -0.3 is 19.8 Å². The second-order valence-electron chi connectivity index (χ2n) is 4.42. The maximum Gasteiger partial charge on any atom is 0.264 e. The van der Waals surface area contributed by atoms with E-state index in [0.717, 1.165) is 5.56 Å². The number of hydrogen-bond acceptors (Lipinski definition) is 5. The van der Waals surface area contributed by atoms with Gasteiger partial charge in [-0.2, -0.15) is 5.26 Å². The van der Waals surface area contributed by atoms with Gasteiger partial charge >= 0.3 is 0 Å². The van der Waals surface area contributed by atoms with Gasteiger partial charge in [0.2, 0.25) is 5.88 Å². The summed E-state index contributed by atoms with van der Waals surface area (Å²) in [5.41, 5.74) is 7.88. The fraction of sp³-hybridized carbons (Fsp3) is 0.143. The van der Waals surface area contributed by atoms with Crippen LogP contribution in [0.2, 0.25) is 0 Å². The molecule has 0 saturated heterocycles. The van der Waals surface area contributed by atoms with E-state index >= 15 is 0 Å². The largest absolute Gasteiger partial charge is 0.482 e. The molecule has 1 aromatic heterocycles.